The van der Waals surface area contributed by atoms with Crippen LogP contribution in [0.15, 0.2) is 54.1 Å². The van der Waals surface area contributed by atoms with Crippen molar-refractivity contribution < 1.29 is 15.2 Å². The average molecular weight is 339 g/mol. The fourth-order valence-electron chi connectivity index (χ4n) is 3.17. The summed E-state index contributed by atoms with van der Waals surface area (Å²) in [5, 5.41) is 26.0. The van der Waals surface area contributed by atoms with Crippen LogP contribution in [-0.2, 0) is 0 Å². The van der Waals surface area contributed by atoms with Gasteiger partial charge in [0, 0.05) is 23.3 Å². The molecule has 1 heterocycles. The minimum absolute atomic E-state index is 0.0752. The van der Waals surface area contributed by atoms with Crippen molar-refractivity contribution in [3.8, 4) is 0 Å². The molecule has 0 aromatic heterocycles. The summed E-state index contributed by atoms with van der Waals surface area (Å²) in [6.07, 6.45) is 0. The molecular formula is C17H13N3O3S. The summed E-state index contributed by atoms with van der Waals surface area (Å²) in [6.45, 7) is 0. The van der Waals surface area contributed by atoms with E-state index in [9.17, 15) is 15.2 Å². The number of thiocarbonyl (C=S) groups is 1. The van der Waals surface area contributed by atoms with Gasteiger partial charge in [-0.05, 0) is 17.8 Å². The van der Waals surface area contributed by atoms with Crippen molar-refractivity contribution >= 4 is 34.5 Å². The van der Waals surface area contributed by atoms with E-state index in [2.05, 4.69) is 10.6 Å². The number of fused-ring (bicyclic) bond motifs is 2. The summed E-state index contributed by atoms with van der Waals surface area (Å²) >= 11 is 5.27. The van der Waals surface area contributed by atoms with Crippen molar-refractivity contribution in [3.63, 3.8) is 0 Å². The Balaban J connectivity index is 1.86. The normalized spacial score (nSPS) is 20.2. The maximum absolute atomic E-state index is 12.8. The molecule has 2 unspecified atom stereocenters. The molecule has 1 aliphatic carbocycles. The van der Waals surface area contributed by atoms with Crippen molar-refractivity contribution in [2.75, 3.05) is 0 Å². The Morgan fingerprint density at radius 3 is 2.62 bits per heavy atom. The Morgan fingerprint density at radius 2 is 1.88 bits per heavy atom. The van der Waals surface area contributed by atoms with Gasteiger partial charge < -0.3 is 15.8 Å². The second kappa shape index (κ2) is 5.50. The van der Waals surface area contributed by atoms with Gasteiger partial charge in [-0.2, -0.15) is 5.23 Å². The summed E-state index contributed by atoms with van der Waals surface area (Å²) in [4.78, 5) is 12.8. The molecule has 0 saturated heterocycles. The van der Waals surface area contributed by atoms with Crippen molar-refractivity contribution in [2.24, 2.45) is 0 Å². The molecular weight excluding hydrogens is 326 g/mol. The van der Waals surface area contributed by atoms with Gasteiger partial charge in [0.15, 0.2) is 16.6 Å². The molecule has 4 N–H and O–H groups in total. The Kier molecular flexibility index (Phi) is 3.43. The smallest absolute Gasteiger partial charge is 0.194 e. The zero-order valence-corrected chi connectivity index (χ0v) is 13.2. The van der Waals surface area contributed by atoms with Gasteiger partial charge in [0.1, 0.15) is 0 Å². The lowest BCUT2D eigenvalue weighted by Gasteiger charge is -2.28. The largest absolute Gasteiger partial charge is 0.595 e. The molecule has 2 aliphatic rings. The molecule has 0 spiro atoms. The van der Waals surface area contributed by atoms with Crippen LogP contribution >= 0.6 is 12.2 Å². The van der Waals surface area contributed by atoms with Gasteiger partial charge in [0.2, 0.25) is 0 Å². The Hall–Kier alpha value is -2.58. The highest BCUT2D eigenvalue weighted by molar-refractivity contribution is 7.80. The monoisotopic (exact) mass is 339 g/mol. The highest BCUT2D eigenvalue weighted by atomic mass is 32.1. The Bertz CT molecular complexity index is 907. The van der Waals surface area contributed by atoms with Crippen molar-refractivity contribution in [1.82, 2.24) is 10.6 Å². The first kappa shape index (κ1) is 15.0. The minimum Gasteiger partial charge on any atom is -0.595 e. The Morgan fingerprint density at radius 1 is 1.12 bits per heavy atom. The van der Waals surface area contributed by atoms with E-state index in [1.54, 1.807) is 24.3 Å². The van der Waals surface area contributed by atoms with E-state index in [1.807, 2.05) is 18.2 Å². The van der Waals surface area contributed by atoms with E-state index in [0.717, 1.165) is 5.56 Å². The van der Waals surface area contributed by atoms with Crippen LogP contribution in [0.4, 0.5) is 5.69 Å². The predicted molar refractivity (Wildman–Crippen MR) is 91.5 cm³/mol. The molecule has 4 rings (SSSR count). The summed E-state index contributed by atoms with van der Waals surface area (Å²) < 4.78 is 0. The van der Waals surface area contributed by atoms with E-state index < -0.39 is 11.3 Å². The molecule has 2 atom stereocenters. The number of hydrogen-bond donors (Lipinski definition) is 4. The van der Waals surface area contributed by atoms with E-state index in [1.165, 1.54) is 6.07 Å². The van der Waals surface area contributed by atoms with Crippen molar-refractivity contribution in [2.45, 2.75) is 6.04 Å². The number of nitrogens with one attached hydrogen (secondary N) is 3. The third kappa shape index (κ3) is 2.22. The molecule has 0 radical (unpaired) electrons. The lowest BCUT2D eigenvalue weighted by Crippen LogP contribution is -2.99. The number of Topliss-reactive ketones (excluding diaryl/α,β-unsaturated/α-hetero) is 1. The number of rotatable bonds is 2. The second-order valence-corrected chi connectivity index (χ2v) is 6.03. The van der Waals surface area contributed by atoms with Crippen LogP contribution in [0.25, 0.3) is 5.70 Å². The maximum atomic E-state index is 12.8. The second-order valence-electron chi connectivity index (χ2n) is 5.63. The van der Waals surface area contributed by atoms with Gasteiger partial charge in [0.25, 0.3) is 0 Å². The first-order valence-electron chi connectivity index (χ1n) is 7.35. The lowest BCUT2D eigenvalue weighted by molar-refractivity contribution is -0.991. The summed E-state index contributed by atoms with van der Waals surface area (Å²) in [6, 6.07) is 13.4. The summed E-state index contributed by atoms with van der Waals surface area (Å²) in [5.74, 6) is -0.0752. The highest BCUT2D eigenvalue weighted by Crippen LogP contribution is 2.39. The molecule has 0 amide bonds. The average Bonchev–Trinajstić information content (AvgIpc) is 2.87. The van der Waals surface area contributed by atoms with Gasteiger partial charge >= 0.3 is 0 Å². The van der Waals surface area contributed by atoms with Crippen molar-refractivity contribution in [1.29, 1.82) is 0 Å². The first-order valence-corrected chi connectivity index (χ1v) is 7.76. The number of ketones is 1. The highest BCUT2D eigenvalue weighted by Gasteiger charge is 2.38. The fourth-order valence-corrected chi connectivity index (χ4v) is 3.39. The fraction of sp³-hybridized carbons (Fsp3) is 0.0588. The molecule has 6 nitrogen and oxygen atoms in total. The third-order valence-corrected chi connectivity index (χ3v) is 4.44. The minimum atomic E-state index is -1.01. The van der Waals surface area contributed by atoms with Gasteiger partial charge in [-0.25, -0.2) is 5.21 Å². The van der Waals surface area contributed by atoms with Crippen molar-refractivity contribution in [3.05, 3.63) is 76.0 Å². The quantitative estimate of drug-likeness (QED) is 0.486. The molecule has 7 heteroatoms. The number of hydrogen-bond acceptors (Lipinski definition) is 4. The SMILES string of the molecule is O=C1C2=C(NC(=S)NC2c2cccc([NH+]([O-])O)c2)c2ccccc21. The van der Waals surface area contributed by atoms with E-state index in [0.29, 0.717) is 27.5 Å². The van der Waals surface area contributed by atoms with Crippen LogP contribution in [0.2, 0.25) is 0 Å². The van der Waals surface area contributed by atoms with E-state index in [-0.39, 0.29) is 11.5 Å². The number of carbonyl (C=O) groups excluding carboxylic acids is 1. The molecule has 0 saturated carbocycles. The van der Waals surface area contributed by atoms with Gasteiger partial charge in [0.05, 0.1) is 17.3 Å². The van der Waals surface area contributed by atoms with Crippen LogP contribution in [0.1, 0.15) is 27.5 Å². The zero-order valence-electron chi connectivity index (χ0n) is 12.4. The summed E-state index contributed by atoms with van der Waals surface area (Å²) in [5.41, 5.74) is 3.57. The molecule has 120 valence electrons. The number of quaternary nitrogens is 1. The molecule has 2 aromatic rings. The number of benzene rings is 2. The predicted octanol–water partition coefficient (Wildman–Crippen LogP) is 1.22. The van der Waals surface area contributed by atoms with Gasteiger partial charge in [-0.1, -0.05) is 36.4 Å². The molecule has 24 heavy (non-hydrogen) atoms. The van der Waals surface area contributed by atoms with Crippen LogP contribution < -0.4 is 15.9 Å². The summed E-state index contributed by atoms with van der Waals surface area (Å²) in [7, 11) is 0. The van der Waals surface area contributed by atoms with E-state index >= 15 is 0 Å². The maximum Gasteiger partial charge on any atom is 0.194 e. The van der Waals surface area contributed by atoms with Gasteiger partial charge in [-0.15, -0.1) is 0 Å². The first-order chi connectivity index (χ1) is 11.6. The molecule has 2 aromatic carbocycles. The molecule has 0 fully saturated rings. The van der Waals surface area contributed by atoms with Crippen LogP contribution in [-0.4, -0.2) is 16.1 Å². The van der Waals surface area contributed by atoms with Gasteiger partial charge in [-0.3, -0.25) is 4.79 Å². The zero-order chi connectivity index (χ0) is 16.8. The van der Waals surface area contributed by atoms with Crippen LogP contribution in [0, 0.1) is 5.21 Å². The van der Waals surface area contributed by atoms with Crippen LogP contribution in [0.3, 0.4) is 0 Å². The van der Waals surface area contributed by atoms with Crippen LogP contribution in [0.5, 0.6) is 0 Å². The molecule has 1 aliphatic heterocycles. The molecule has 0 bridgehead atoms. The Labute approximate surface area is 142 Å². The topological polar surface area (TPSA) is 88.9 Å². The number of carbonyl (C=O) groups is 1. The lowest BCUT2D eigenvalue weighted by atomic mass is 9.94. The standard InChI is InChI=1S/C17H13N3O3S/c21-16-12-7-2-1-6-11(12)15-13(16)14(18-17(24)19-15)9-4-3-5-10(8-9)20(22)23/h1-8,14,20,22H,(H2,18,19,24). The third-order valence-electron chi connectivity index (χ3n) is 4.22. The van der Waals surface area contributed by atoms with E-state index in [4.69, 9.17) is 12.2 Å².